The minimum atomic E-state index is 0.000839. The predicted molar refractivity (Wildman–Crippen MR) is 114 cm³/mol. The molecule has 4 heteroatoms. The summed E-state index contributed by atoms with van der Waals surface area (Å²) in [5, 5.41) is 22.5. The first-order valence-corrected chi connectivity index (χ1v) is 10.4. The molecule has 0 heterocycles. The molecule has 154 valence electrons. The lowest BCUT2D eigenvalue weighted by molar-refractivity contribution is 0.127. The molecule has 0 spiro atoms. The van der Waals surface area contributed by atoms with Gasteiger partial charge in [-0.3, -0.25) is 0 Å². The number of unbranched alkanes of at least 4 members (excludes halogenated alkanes) is 1. The van der Waals surface area contributed by atoms with Gasteiger partial charge in [0, 0.05) is 25.8 Å². The van der Waals surface area contributed by atoms with Crippen molar-refractivity contribution in [1.29, 1.82) is 0 Å². The Morgan fingerprint density at radius 1 is 0.857 bits per heavy atom. The summed E-state index contributed by atoms with van der Waals surface area (Å²) in [5.74, 6) is 0. The van der Waals surface area contributed by atoms with Crippen LogP contribution in [0.15, 0.2) is 48.5 Å². The van der Waals surface area contributed by atoms with Gasteiger partial charge in [0.1, 0.15) is 0 Å². The van der Waals surface area contributed by atoms with E-state index in [4.69, 9.17) is 4.74 Å². The molecule has 0 saturated carbocycles. The number of hydrogen-bond donors (Lipinski definition) is 3. The third-order valence-electron chi connectivity index (χ3n) is 5.11. The van der Waals surface area contributed by atoms with Gasteiger partial charge in [0.15, 0.2) is 0 Å². The summed E-state index contributed by atoms with van der Waals surface area (Å²) in [6.07, 6.45) is 5.43. The minimum absolute atomic E-state index is 0.000839. The van der Waals surface area contributed by atoms with Crippen molar-refractivity contribution in [3.05, 3.63) is 70.8 Å². The fourth-order valence-electron chi connectivity index (χ4n) is 3.37. The van der Waals surface area contributed by atoms with Crippen LogP contribution >= 0.6 is 0 Å². The highest BCUT2D eigenvalue weighted by atomic mass is 16.5. The lowest BCUT2D eigenvalue weighted by Gasteiger charge is -2.17. The number of hydrogen-bond acceptors (Lipinski definition) is 4. The highest BCUT2D eigenvalue weighted by Gasteiger charge is 2.09. The van der Waals surface area contributed by atoms with E-state index in [9.17, 15) is 10.2 Å². The molecule has 0 aliphatic rings. The molecule has 0 fully saturated rings. The van der Waals surface area contributed by atoms with Gasteiger partial charge in [0.05, 0.1) is 13.2 Å². The first-order valence-electron chi connectivity index (χ1n) is 10.4. The first-order chi connectivity index (χ1) is 13.7. The Labute approximate surface area is 169 Å². The summed E-state index contributed by atoms with van der Waals surface area (Å²) in [5.41, 5.74) is 4.16. The summed E-state index contributed by atoms with van der Waals surface area (Å²) in [4.78, 5) is 0. The van der Waals surface area contributed by atoms with Crippen molar-refractivity contribution in [2.75, 3.05) is 13.2 Å². The van der Waals surface area contributed by atoms with Crippen molar-refractivity contribution >= 4 is 0 Å². The molecule has 0 aromatic heterocycles. The standard InChI is InChI=1S/C24H35NO3/c1-20(25-17-24-22(18-26)13-7-14-23(24)19-27)9-5-6-15-28-16-8-12-21-10-3-2-4-11-21/h2-4,7,10-11,13-14,20,25-27H,5-6,8-9,12,15-19H2,1H3. The molecule has 0 aliphatic heterocycles. The van der Waals surface area contributed by atoms with Crippen molar-refractivity contribution in [3.63, 3.8) is 0 Å². The van der Waals surface area contributed by atoms with E-state index < -0.39 is 0 Å². The van der Waals surface area contributed by atoms with Gasteiger partial charge in [-0.05, 0) is 61.3 Å². The van der Waals surface area contributed by atoms with Gasteiger partial charge in [-0.1, -0.05) is 48.5 Å². The van der Waals surface area contributed by atoms with Crippen LogP contribution in [0.1, 0.15) is 54.9 Å². The summed E-state index contributed by atoms with van der Waals surface area (Å²) < 4.78 is 5.75. The SMILES string of the molecule is CC(CCCCOCCCc1ccccc1)NCc1c(CO)cccc1CO. The average Bonchev–Trinajstić information content (AvgIpc) is 2.74. The van der Waals surface area contributed by atoms with E-state index in [1.807, 2.05) is 24.3 Å². The maximum Gasteiger partial charge on any atom is 0.0685 e. The number of aliphatic hydroxyl groups is 2. The van der Waals surface area contributed by atoms with Gasteiger partial charge in [-0.15, -0.1) is 0 Å². The van der Waals surface area contributed by atoms with Crippen molar-refractivity contribution in [1.82, 2.24) is 5.32 Å². The Kier molecular flexibility index (Phi) is 10.8. The minimum Gasteiger partial charge on any atom is -0.392 e. The van der Waals surface area contributed by atoms with Gasteiger partial charge in [0.25, 0.3) is 0 Å². The molecule has 0 amide bonds. The van der Waals surface area contributed by atoms with Gasteiger partial charge in [-0.2, -0.15) is 0 Å². The zero-order chi connectivity index (χ0) is 20.0. The highest BCUT2D eigenvalue weighted by molar-refractivity contribution is 5.34. The van der Waals surface area contributed by atoms with E-state index in [2.05, 4.69) is 36.5 Å². The van der Waals surface area contributed by atoms with Crippen LogP contribution in [-0.4, -0.2) is 29.5 Å². The average molecular weight is 386 g/mol. The molecule has 2 aromatic carbocycles. The topological polar surface area (TPSA) is 61.7 Å². The number of aryl methyl sites for hydroxylation is 1. The summed E-state index contributed by atoms with van der Waals surface area (Å²) >= 11 is 0. The van der Waals surface area contributed by atoms with E-state index in [0.29, 0.717) is 12.6 Å². The number of benzene rings is 2. The lowest BCUT2D eigenvalue weighted by atomic mass is 10.0. The van der Waals surface area contributed by atoms with Crippen molar-refractivity contribution in [2.24, 2.45) is 0 Å². The van der Waals surface area contributed by atoms with Crippen LogP contribution < -0.4 is 5.32 Å². The molecule has 0 radical (unpaired) electrons. The van der Waals surface area contributed by atoms with E-state index >= 15 is 0 Å². The second-order valence-corrected chi connectivity index (χ2v) is 7.35. The second-order valence-electron chi connectivity index (χ2n) is 7.35. The molecular weight excluding hydrogens is 350 g/mol. The van der Waals surface area contributed by atoms with Crippen LogP contribution in [0, 0.1) is 0 Å². The van der Waals surface area contributed by atoms with Crippen LogP contribution in [-0.2, 0) is 30.9 Å². The zero-order valence-electron chi connectivity index (χ0n) is 17.1. The van der Waals surface area contributed by atoms with Gasteiger partial charge in [-0.25, -0.2) is 0 Å². The monoisotopic (exact) mass is 385 g/mol. The van der Waals surface area contributed by atoms with Crippen LogP contribution in [0.3, 0.4) is 0 Å². The van der Waals surface area contributed by atoms with Gasteiger partial charge >= 0.3 is 0 Å². The predicted octanol–water partition coefficient (Wildman–Crippen LogP) is 3.97. The lowest BCUT2D eigenvalue weighted by Crippen LogP contribution is -2.26. The maximum absolute atomic E-state index is 9.51. The molecule has 0 saturated heterocycles. The Bertz CT molecular complexity index is 638. The fraction of sp³-hybridized carbons (Fsp3) is 0.500. The molecule has 2 rings (SSSR count). The van der Waals surface area contributed by atoms with Crippen molar-refractivity contribution in [3.8, 4) is 0 Å². The van der Waals surface area contributed by atoms with Crippen LogP contribution in [0.4, 0.5) is 0 Å². The smallest absolute Gasteiger partial charge is 0.0685 e. The number of aliphatic hydroxyl groups excluding tert-OH is 2. The third-order valence-corrected chi connectivity index (χ3v) is 5.11. The molecule has 4 nitrogen and oxygen atoms in total. The Balaban J connectivity index is 1.54. The molecule has 3 N–H and O–H groups in total. The van der Waals surface area contributed by atoms with Crippen LogP contribution in [0.2, 0.25) is 0 Å². The number of ether oxygens (including phenoxy) is 1. The molecule has 2 aromatic rings. The Morgan fingerprint density at radius 2 is 1.54 bits per heavy atom. The highest BCUT2D eigenvalue weighted by Crippen LogP contribution is 2.16. The van der Waals surface area contributed by atoms with Crippen LogP contribution in [0.5, 0.6) is 0 Å². The van der Waals surface area contributed by atoms with Crippen molar-refractivity contribution < 1.29 is 14.9 Å². The molecule has 28 heavy (non-hydrogen) atoms. The molecule has 0 aliphatic carbocycles. The summed E-state index contributed by atoms with van der Waals surface area (Å²) in [7, 11) is 0. The van der Waals surface area contributed by atoms with Gasteiger partial charge in [0.2, 0.25) is 0 Å². The zero-order valence-corrected chi connectivity index (χ0v) is 17.1. The fourth-order valence-corrected chi connectivity index (χ4v) is 3.37. The van der Waals surface area contributed by atoms with Crippen LogP contribution in [0.25, 0.3) is 0 Å². The molecule has 1 unspecified atom stereocenters. The van der Waals surface area contributed by atoms with Gasteiger partial charge < -0.3 is 20.3 Å². The first kappa shape index (κ1) is 22.6. The largest absolute Gasteiger partial charge is 0.392 e. The van der Waals surface area contributed by atoms with E-state index in [1.54, 1.807) is 0 Å². The van der Waals surface area contributed by atoms with E-state index in [-0.39, 0.29) is 13.2 Å². The number of nitrogens with one attached hydrogen (secondary N) is 1. The number of rotatable bonds is 14. The quantitative estimate of drug-likeness (QED) is 0.431. The van der Waals surface area contributed by atoms with E-state index in [1.165, 1.54) is 5.56 Å². The normalized spacial score (nSPS) is 12.2. The summed E-state index contributed by atoms with van der Waals surface area (Å²) in [6, 6.07) is 16.6. The Hall–Kier alpha value is -1.72. The second kappa shape index (κ2) is 13.5. The maximum atomic E-state index is 9.51. The van der Waals surface area contributed by atoms with Crippen molar-refractivity contribution in [2.45, 2.75) is 64.8 Å². The molecule has 0 bridgehead atoms. The third kappa shape index (κ3) is 8.11. The Morgan fingerprint density at radius 3 is 2.21 bits per heavy atom. The molecular formula is C24H35NO3. The summed E-state index contributed by atoms with van der Waals surface area (Å²) in [6.45, 7) is 4.50. The molecule has 1 atom stereocenters. The van der Waals surface area contributed by atoms with E-state index in [0.717, 1.165) is 62.0 Å².